The van der Waals surface area contributed by atoms with Gasteiger partial charge in [0.2, 0.25) is 5.91 Å². The molecule has 8 heteroatoms. The van der Waals surface area contributed by atoms with Gasteiger partial charge in [0, 0.05) is 37.8 Å². The number of aryl methyl sites for hydroxylation is 1. The molecule has 8 nitrogen and oxygen atoms in total. The lowest BCUT2D eigenvalue weighted by Crippen LogP contribution is -2.52. The molecule has 0 unspecified atom stereocenters. The molecule has 5 rings (SSSR count). The predicted octanol–water partition coefficient (Wildman–Crippen LogP) is 3.00. The van der Waals surface area contributed by atoms with Crippen molar-refractivity contribution in [2.45, 2.75) is 25.8 Å². The van der Waals surface area contributed by atoms with Gasteiger partial charge < -0.3 is 19.1 Å². The molecule has 0 N–H and O–H groups in total. The number of amides is 2. The van der Waals surface area contributed by atoms with Gasteiger partial charge in [-0.25, -0.2) is 0 Å². The van der Waals surface area contributed by atoms with Crippen molar-refractivity contribution in [3.8, 4) is 11.3 Å². The Labute approximate surface area is 192 Å². The van der Waals surface area contributed by atoms with Crippen molar-refractivity contribution >= 4 is 17.6 Å². The normalized spacial score (nSPS) is 16.0. The molecular formula is C25H27N5O3. The molecule has 0 spiro atoms. The Kier molecular flexibility index (Phi) is 5.81. The first-order valence-corrected chi connectivity index (χ1v) is 11.4. The van der Waals surface area contributed by atoms with Crippen LogP contribution in [0.4, 0.5) is 5.82 Å². The highest BCUT2D eigenvalue weighted by Gasteiger charge is 2.36. The number of hydrogen-bond donors (Lipinski definition) is 0. The average Bonchev–Trinajstić information content (AvgIpc) is 3.55. The van der Waals surface area contributed by atoms with Gasteiger partial charge >= 0.3 is 0 Å². The molecule has 2 amide bonds. The maximum absolute atomic E-state index is 12.9. The molecule has 1 aliphatic heterocycles. The Morgan fingerprint density at radius 2 is 1.76 bits per heavy atom. The van der Waals surface area contributed by atoms with Gasteiger partial charge in [0.25, 0.3) is 5.91 Å². The van der Waals surface area contributed by atoms with Gasteiger partial charge in [0.15, 0.2) is 11.6 Å². The third-order valence-electron chi connectivity index (χ3n) is 6.24. The molecule has 1 aromatic carbocycles. The number of carbonyl (C=O) groups is 2. The van der Waals surface area contributed by atoms with Gasteiger partial charge in [0.1, 0.15) is 6.54 Å². The zero-order chi connectivity index (χ0) is 22.8. The number of hydrogen-bond acceptors (Lipinski definition) is 6. The van der Waals surface area contributed by atoms with Gasteiger partial charge in [-0.1, -0.05) is 29.8 Å². The standard InChI is InChI=1S/C25H27N5O3/c1-18-4-6-19(7-5-18)21-10-11-23(27-26-21)28-12-14-29(15-13-28)24(31)17-30(20-8-9-20)25(32)22-3-2-16-33-22/h2-7,10-11,16,20H,8-9,12-15,17H2,1H3. The van der Waals surface area contributed by atoms with Crippen molar-refractivity contribution in [1.29, 1.82) is 0 Å². The number of piperazine rings is 1. The van der Waals surface area contributed by atoms with E-state index in [1.54, 1.807) is 17.0 Å². The quantitative estimate of drug-likeness (QED) is 0.580. The van der Waals surface area contributed by atoms with Crippen molar-refractivity contribution in [3.05, 3.63) is 66.1 Å². The number of nitrogens with zero attached hydrogens (tertiary/aromatic N) is 5. The highest BCUT2D eigenvalue weighted by molar-refractivity contribution is 5.94. The number of benzene rings is 1. The fraction of sp³-hybridized carbons (Fsp3) is 0.360. The van der Waals surface area contributed by atoms with Crippen molar-refractivity contribution in [2.24, 2.45) is 0 Å². The van der Waals surface area contributed by atoms with Crippen molar-refractivity contribution < 1.29 is 14.0 Å². The minimum Gasteiger partial charge on any atom is -0.459 e. The van der Waals surface area contributed by atoms with E-state index in [2.05, 4.69) is 34.2 Å². The summed E-state index contributed by atoms with van der Waals surface area (Å²) in [6.07, 6.45) is 3.35. The van der Waals surface area contributed by atoms with Crippen LogP contribution in [-0.2, 0) is 4.79 Å². The fourth-order valence-corrected chi connectivity index (χ4v) is 4.10. The summed E-state index contributed by atoms with van der Waals surface area (Å²) < 4.78 is 5.25. The first-order chi connectivity index (χ1) is 16.1. The van der Waals surface area contributed by atoms with Crippen LogP contribution in [0, 0.1) is 6.92 Å². The number of anilines is 1. The van der Waals surface area contributed by atoms with Crippen LogP contribution in [0.1, 0.15) is 29.0 Å². The smallest absolute Gasteiger partial charge is 0.290 e. The van der Waals surface area contributed by atoms with Crippen LogP contribution in [0.3, 0.4) is 0 Å². The van der Waals surface area contributed by atoms with E-state index in [-0.39, 0.29) is 30.2 Å². The lowest BCUT2D eigenvalue weighted by atomic mass is 10.1. The Bertz CT molecular complexity index is 1100. The van der Waals surface area contributed by atoms with E-state index in [0.717, 1.165) is 29.9 Å². The van der Waals surface area contributed by atoms with Crippen LogP contribution in [0.2, 0.25) is 0 Å². The van der Waals surface area contributed by atoms with E-state index in [1.807, 2.05) is 29.2 Å². The average molecular weight is 446 g/mol. The molecule has 1 saturated carbocycles. The molecule has 0 bridgehead atoms. The summed E-state index contributed by atoms with van der Waals surface area (Å²) in [5, 5.41) is 8.80. The molecular weight excluding hydrogens is 418 g/mol. The summed E-state index contributed by atoms with van der Waals surface area (Å²) in [4.78, 5) is 31.3. The molecule has 2 aliphatic rings. The SMILES string of the molecule is Cc1ccc(-c2ccc(N3CCN(C(=O)CN(C(=O)c4ccco4)C4CC4)CC3)nn2)cc1. The Morgan fingerprint density at radius 1 is 1.00 bits per heavy atom. The number of furan rings is 1. The maximum Gasteiger partial charge on any atom is 0.290 e. The molecule has 3 aromatic rings. The zero-order valence-electron chi connectivity index (χ0n) is 18.7. The van der Waals surface area contributed by atoms with Gasteiger partial charge in [0.05, 0.1) is 12.0 Å². The molecule has 0 radical (unpaired) electrons. The lowest BCUT2D eigenvalue weighted by molar-refractivity contribution is -0.132. The monoisotopic (exact) mass is 445 g/mol. The number of carbonyl (C=O) groups excluding carboxylic acids is 2. The van der Waals surface area contributed by atoms with Crippen LogP contribution < -0.4 is 4.90 Å². The fourth-order valence-electron chi connectivity index (χ4n) is 4.10. The van der Waals surface area contributed by atoms with Gasteiger partial charge in [-0.05, 0) is 44.0 Å². The van der Waals surface area contributed by atoms with Crippen LogP contribution in [0.5, 0.6) is 0 Å². The zero-order valence-corrected chi connectivity index (χ0v) is 18.7. The first-order valence-electron chi connectivity index (χ1n) is 11.4. The summed E-state index contributed by atoms with van der Waals surface area (Å²) in [6.45, 7) is 4.69. The molecule has 1 aliphatic carbocycles. The minimum atomic E-state index is -0.210. The van der Waals surface area contributed by atoms with Crippen LogP contribution in [0.15, 0.2) is 59.2 Å². The van der Waals surface area contributed by atoms with E-state index in [1.165, 1.54) is 11.8 Å². The van der Waals surface area contributed by atoms with Gasteiger partial charge in [-0.15, -0.1) is 10.2 Å². The molecule has 3 heterocycles. The molecule has 170 valence electrons. The number of rotatable bonds is 6. The topological polar surface area (TPSA) is 82.8 Å². The van der Waals surface area contributed by atoms with Crippen molar-refractivity contribution in [2.75, 3.05) is 37.6 Å². The van der Waals surface area contributed by atoms with E-state index in [0.29, 0.717) is 26.2 Å². The third-order valence-corrected chi connectivity index (χ3v) is 6.24. The highest BCUT2D eigenvalue weighted by Crippen LogP contribution is 2.28. The molecule has 2 aromatic heterocycles. The highest BCUT2D eigenvalue weighted by atomic mass is 16.3. The largest absolute Gasteiger partial charge is 0.459 e. The van der Waals surface area contributed by atoms with Crippen molar-refractivity contribution in [3.63, 3.8) is 0 Å². The first kappa shape index (κ1) is 21.2. The third kappa shape index (κ3) is 4.74. The second-order valence-electron chi connectivity index (χ2n) is 8.65. The van der Waals surface area contributed by atoms with E-state index in [9.17, 15) is 9.59 Å². The second kappa shape index (κ2) is 9.05. The van der Waals surface area contributed by atoms with Gasteiger partial charge in [-0.2, -0.15) is 0 Å². The van der Waals surface area contributed by atoms with E-state index in [4.69, 9.17) is 4.42 Å². The molecule has 0 atom stereocenters. The lowest BCUT2D eigenvalue weighted by Gasteiger charge is -2.36. The van der Waals surface area contributed by atoms with Gasteiger partial charge in [-0.3, -0.25) is 9.59 Å². The van der Waals surface area contributed by atoms with Crippen LogP contribution >= 0.6 is 0 Å². The Hall–Kier alpha value is -3.68. The van der Waals surface area contributed by atoms with Crippen LogP contribution in [0.25, 0.3) is 11.3 Å². The van der Waals surface area contributed by atoms with Crippen LogP contribution in [-0.4, -0.2) is 70.6 Å². The predicted molar refractivity (Wildman–Crippen MR) is 124 cm³/mol. The summed E-state index contributed by atoms with van der Waals surface area (Å²) in [5.74, 6) is 0.860. The van der Waals surface area contributed by atoms with E-state index >= 15 is 0 Å². The number of aromatic nitrogens is 2. The minimum absolute atomic E-state index is 0.0257. The Balaban J connectivity index is 1.17. The molecule has 1 saturated heterocycles. The summed E-state index contributed by atoms with van der Waals surface area (Å²) in [7, 11) is 0. The van der Waals surface area contributed by atoms with E-state index < -0.39 is 0 Å². The molecule has 2 fully saturated rings. The second-order valence-corrected chi connectivity index (χ2v) is 8.65. The van der Waals surface area contributed by atoms with Crippen molar-refractivity contribution in [1.82, 2.24) is 20.0 Å². The molecule has 33 heavy (non-hydrogen) atoms. The summed E-state index contributed by atoms with van der Waals surface area (Å²) in [6, 6.07) is 15.7. The maximum atomic E-state index is 12.9. The Morgan fingerprint density at radius 3 is 2.36 bits per heavy atom. The summed E-state index contributed by atoms with van der Waals surface area (Å²) in [5.41, 5.74) is 3.09. The summed E-state index contributed by atoms with van der Waals surface area (Å²) >= 11 is 0.